The summed E-state index contributed by atoms with van der Waals surface area (Å²) in [5.41, 5.74) is 0.615. The summed E-state index contributed by atoms with van der Waals surface area (Å²) in [5, 5.41) is 11.6. The third-order valence-corrected chi connectivity index (χ3v) is 3.55. The normalized spacial score (nSPS) is 19.2. The first-order chi connectivity index (χ1) is 10.1. The van der Waals surface area contributed by atoms with Crippen LogP contribution >= 0.6 is 0 Å². The second-order valence-corrected chi connectivity index (χ2v) is 4.98. The molecule has 1 heterocycles. The van der Waals surface area contributed by atoms with Gasteiger partial charge < -0.3 is 15.2 Å². The van der Waals surface area contributed by atoms with E-state index < -0.39 is 5.97 Å². The van der Waals surface area contributed by atoms with Gasteiger partial charge in [0.2, 0.25) is 0 Å². The highest BCUT2D eigenvalue weighted by molar-refractivity contribution is 5.95. The molecular weight excluding hydrogens is 272 g/mol. The van der Waals surface area contributed by atoms with Gasteiger partial charge in [-0.05, 0) is 30.8 Å². The number of carboxylic acids is 1. The molecule has 6 nitrogen and oxygen atoms in total. The van der Waals surface area contributed by atoms with Gasteiger partial charge in [-0.3, -0.25) is 9.69 Å². The van der Waals surface area contributed by atoms with Crippen molar-refractivity contribution in [2.45, 2.75) is 13.0 Å². The lowest BCUT2D eigenvalue weighted by molar-refractivity contribution is -0.0246. The molecule has 0 aliphatic carbocycles. The Labute approximate surface area is 123 Å². The molecule has 0 radical (unpaired) electrons. The van der Waals surface area contributed by atoms with Crippen molar-refractivity contribution in [3.63, 3.8) is 0 Å². The van der Waals surface area contributed by atoms with Crippen LogP contribution in [0.3, 0.4) is 0 Å². The predicted molar refractivity (Wildman–Crippen MR) is 77.6 cm³/mol. The number of amides is 1. The van der Waals surface area contributed by atoms with Crippen molar-refractivity contribution in [2.75, 3.05) is 32.8 Å². The van der Waals surface area contributed by atoms with Gasteiger partial charge >= 0.3 is 5.97 Å². The van der Waals surface area contributed by atoms with E-state index in [0.29, 0.717) is 18.7 Å². The maximum atomic E-state index is 12.0. The number of morpholine rings is 1. The zero-order valence-corrected chi connectivity index (χ0v) is 12.0. The lowest BCUT2D eigenvalue weighted by Gasteiger charge is -2.32. The van der Waals surface area contributed by atoms with Crippen LogP contribution in [0.2, 0.25) is 0 Å². The predicted octanol–water partition coefficient (Wildman–Crippen LogP) is 0.835. The van der Waals surface area contributed by atoms with Crippen molar-refractivity contribution in [2.24, 2.45) is 0 Å². The molecule has 1 aliphatic rings. The minimum Gasteiger partial charge on any atom is -0.478 e. The minimum absolute atomic E-state index is 0.000873. The van der Waals surface area contributed by atoms with Crippen LogP contribution in [0.1, 0.15) is 27.6 Å². The van der Waals surface area contributed by atoms with Crippen LogP contribution < -0.4 is 5.32 Å². The molecule has 0 spiro atoms. The number of carbonyl (C=O) groups is 2. The number of likely N-dealkylation sites (N-methyl/N-ethyl adjacent to an activating group) is 1. The number of aromatic carboxylic acids is 1. The fraction of sp³-hybridized carbons (Fsp3) is 0.467. The van der Waals surface area contributed by atoms with Crippen LogP contribution in [0.4, 0.5) is 0 Å². The van der Waals surface area contributed by atoms with Crippen LogP contribution in [0, 0.1) is 0 Å². The van der Waals surface area contributed by atoms with Gasteiger partial charge in [-0.1, -0.05) is 6.92 Å². The van der Waals surface area contributed by atoms with E-state index in [-0.39, 0.29) is 17.6 Å². The van der Waals surface area contributed by atoms with Gasteiger partial charge in [0.05, 0.1) is 18.3 Å². The van der Waals surface area contributed by atoms with Crippen molar-refractivity contribution in [3.05, 3.63) is 35.4 Å². The summed E-state index contributed by atoms with van der Waals surface area (Å²) in [6.45, 7) is 5.96. The smallest absolute Gasteiger partial charge is 0.335 e. The fourth-order valence-electron chi connectivity index (χ4n) is 2.26. The number of hydrogen-bond donors (Lipinski definition) is 2. The highest BCUT2D eigenvalue weighted by Crippen LogP contribution is 2.06. The SMILES string of the molecule is CCN1CCOC(CNC(=O)c2ccc(C(=O)O)cc2)C1. The lowest BCUT2D eigenvalue weighted by Crippen LogP contribution is -2.47. The molecule has 0 aromatic heterocycles. The highest BCUT2D eigenvalue weighted by Gasteiger charge is 2.20. The topological polar surface area (TPSA) is 78.9 Å². The summed E-state index contributed by atoms with van der Waals surface area (Å²) in [7, 11) is 0. The molecule has 1 aromatic carbocycles. The fourth-order valence-corrected chi connectivity index (χ4v) is 2.26. The summed E-state index contributed by atoms with van der Waals surface area (Å²) in [5.74, 6) is -1.22. The van der Waals surface area contributed by atoms with Crippen LogP contribution in [-0.2, 0) is 4.74 Å². The molecule has 21 heavy (non-hydrogen) atoms. The molecule has 2 rings (SSSR count). The zero-order chi connectivity index (χ0) is 15.2. The van der Waals surface area contributed by atoms with Crippen LogP contribution in [-0.4, -0.2) is 60.8 Å². The Morgan fingerprint density at radius 3 is 2.62 bits per heavy atom. The molecule has 2 N–H and O–H groups in total. The maximum Gasteiger partial charge on any atom is 0.335 e. The zero-order valence-electron chi connectivity index (χ0n) is 12.0. The van der Waals surface area contributed by atoms with E-state index >= 15 is 0 Å². The van der Waals surface area contributed by atoms with Gasteiger partial charge in [-0.15, -0.1) is 0 Å². The summed E-state index contributed by atoms with van der Waals surface area (Å²) in [6.07, 6.45) is 0.000873. The van der Waals surface area contributed by atoms with Crippen molar-refractivity contribution < 1.29 is 19.4 Å². The van der Waals surface area contributed by atoms with Crippen molar-refractivity contribution in [3.8, 4) is 0 Å². The van der Waals surface area contributed by atoms with Crippen LogP contribution in [0.5, 0.6) is 0 Å². The quantitative estimate of drug-likeness (QED) is 0.840. The molecule has 6 heteroatoms. The third kappa shape index (κ3) is 4.27. The number of rotatable bonds is 5. The molecule has 1 amide bonds. The van der Waals surface area contributed by atoms with E-state index in [1.807, 2.05) is 0 Å². The van der Waals surface area contributed by atoms with Gasteiger partial charge in [0, 0.05) is 25.2 Å². The molecule has 114 valence electrons. The maximum absolute atomic E-state index is 12.0. The molecule has 1 unspecified atom stereocenters. The van der Waals surface area contributed by atoms with Gasteiger partial charge in [-0.2, -0.15) is 0 Å². The molecule has 1 aromatic rings. The Hall–Kier alpha value is -1.92. The summed E-state index contributed by atoms with van der Waals surface area (Å²) < 4.78 is 5.61. The number of nitrogens with one attached hydrogen (secondary N) is 1. The Bertz CT molecular complexity index is 501. The average molecular weight is 292 g/mol. The highest BCUT2D eigenvalue weighted by atomic mass is 16.5. The largest absolute Gasteiger partial charge is 0.478 e. The third-order valence-electron chi connectivity index (χ3n) is 3.55. The molecule has 1 fully saturated rings. The average Bonchev–Trinajstić information content (AvgIpc) is 2.53. The Kier molecular flexibility index (Phi) is 5.30. The number of ether oxygens (including phenoxy) is 1. The van der Waals surface area contributed by atoms with E-state index in [4.69, 9.17) is 9.84 Å². The van der Waals surface area contributed by atoms with E-state index in [1.165, 1.54) is 24.3 Å². The summed E-state index contributed by atoms with van der Waals surface area (Å²) in [4.78, 5) is 25.0. The van der Waals surface area contributed by atoms with E-state index in [0.717, 1.165) is 19.6 Å². The number of hydrogen-bond acceptors (Lipinski definition) is 4. The Morgan fingerprint density at radius 2 is 2.00 bits per heavy atom. The second kappa shape index (κ2) is 7.19. The first-order valence-electron chi connectivity index (χ1n) is 7.05. The Morgan fingerprint density at radius 1 is 1.33 bits per heavy atom. The molecule has 1 aliphatic heterocycles. The monoisotopic (exact) mass is 292 g/mol. The molecule has 1 saturated heterocycles. The molecule has 1 atom stereocenters. The molecule has 0 bridgehead atoms. The first kappa shape index (κ1) is 15.5. The number of nitrogens with zero attached hydrogens (tertiary/aromatic N) is 1. The van der Waals surface area contributed by atoms with Gasteiger partial charge in [0.15, 0.2) is 0 Å². The standard InChI is InChI=1S/C15H20N2O4/c1-2-17-7-8-21-13(10-17)9-16-14(18)11-3-5-12(6-4-11)15(19)20/h3-6,13H,2,7-10H2,1H3,(H,16,18)(H,19,20). The van der Waals surface area contributed by atoms with Crippen molar-refractivity contribution in [1.82, 2.24) is 10.2 Å². The number of benzene rings is 1. The number of carbonyl (C=O) groups excluding carboxylic acids is 1. The summed E-state index contributed by atoms with van der Waals surface area (Å²) in [6, 6.07) is 5.87. The minimum atomic E-state index is -1.00. The van der Waals surface area contributed by atoms with Gasteiger partial charge in [0.1, 0.15) is 0 Å². The van der Waals surface area contributed by atoms with Crippen molar-refractivity contribution >= 4 is 11.9 Å². The second-order valence-electron chi connectivity index (χ2n) is 4.98. The molecule has 0 saturated carbocycles. The Balaban J connectivity index is 1.85. The van der Waals surface area contributed by atoms with Crippen LogP contribution in [0.25, 0.3) is 0 Å². The van der Waals surface area contributed by atoms with E-state index in [1.54, 1.807) is 0 Å². The molecular formula is C15H20N2O4. The number of carboxylic acid groups (broad SMARTS) is 1. The summed E-state index contributed by atoms with van der Waals surface area (Å²) >= 11 is 0. The van der Waals surface area contributed by atoms with Crippen LogP contribution in [0.15, 0.2) is 24.3 Å². The van der Waals surface area contributed by atoms with Crippen molar-refractivity contribution in [1.29, 1.82) is 0 Å². The van der Waals surface area contributed by atoms with E-state index in [2.05, 4.69) is 17.1 Å². The van der Waals surface area contributed by atoms with Gasteiger partial charge in [0.25, 0.3) is 5.91 Å². The first-order valence-corrected chi connectivity index (χ1v) is 7.05. The van der Waals surface area contributed by atoms with Gasteiger partial charge in [-0.25, -0.2) is 4.79 Å². The lowest BCUT2D eigenvalue weighted by atomic mass is 10.1. The van der Waals surface area contributed by atoms with E-state index in [9.17, 15) is 9.59 Å².